The van der Waals surface area contributed by atoms with Gasteiger partial charge in [-0.05, 0) is 34.8 Å². The third-order valence-electron chi connectivity index (χ3n) is 4.65. The second-order valence-corrected chi connectivity index (χ2v) is 8.43. The second kappa shape index (κ2) is 3.56. The Morgan fingerprint density at radius 2 is 1.42 bits per heavy atom. The van der Waals surface area contributed by atoms with Gasteiger partial charge >= 0.3 is 0 Å². The zero-order chi connectivity index (χ0) is 14.1. The Morgan fingerprint density at radius 1 is 0.895 bits per heavy atom. The average molecular weight is 258 g/mol. The minimum Gasteiger partial charge on any atom is -0.492 e. The Morgan fingerprint density at radius 3 is 1.89 bits per heavy atom. The molecule has 1 aromatic rings. The van der Waals surface area contributed by atoms with Gasteiger partial charge in [-0.1, -0.05) is 53.7 Å². The van der Waals surface area contributed by atoms with E-state index in [2.05, 4.69) is 53.7 Å². The third-order valence-corrected chi connectivity index (χ3v) is 4.65. The maximum absolute atomic E-state index is 6.17. The summed E-state index contributed by atoms with van der Waals surface area (Å²) >= 11 is 0. The van der Waals surface area contributed by atoms with Crippen molar-refractivity contribution in [3.63, 3.8) is 0 Å². The summed E-state index contributed by atoms with van der Waals surface area (Å²) in [6, 6.07) is 4.65. The second-order valence-electron chi connectivity index (χ2n) is 8.43. The van der Waals surface area contributed by atoms with Crippen LogP contribution in [0.1, 0.15) is 71.1 Å². The monoisotopic (exact) mass is 258 g/mol. The predicted molar refractivity (Wildman–Crippen MR) is 80.2 cm³/mol. The summed E-state index contributed by atoms with van der Waals surface area (Å²) in [5.74, 6) is 1.21. The fourth-order valence-electron chi connectivity index (χ4n) is 3.30. The van der Waals surface area contributed by atoms with Crippen molar-refractivity contribution in [2.45, 2.75) is 70.6 Å². The molecule has 2 aliphatic rings. The molecule has 1 nitrogen and oxygen atoms in total. The Labute approximate surface area is 117 Å². The SMILES string of the molecule is CC(C)(C)c1ccc(C(C)(C)C)c2c1OCC21CC1. The Bertz CT molecular complexity index is 522. The number of rotatable bonds is 0. The molecule has 0 unspecified atom stereocenters. The lowest BCUT2D eigenvalue weighted by molar-refractivity contribution is 0.316. The molecule has 0 saturated heterocycles. The highest BCUT2D eigenvalue weighted by Gasteiger charge is 2.53. The van der Waals surface area contributed by atoms with Gasteiger partial charge in [0.15, 0.2) is 0 Å². The van der Waals surface area contributed by atoms with E-state index in [0.717, 1.165) is 6.61 Å². The molecule has 1 spiro atoms. The molecule has 1 fully saturated rings. The van der Waals surface area contributed by atoms with E-state index in [-0.39, 0.29) is 10.8 Å². The Hall–Kier alpha value is -0.980. The highest BCUT2D eigenvalue weighted by Crippen LogP contribution is 2.59. The molecule has 1 aliphatic carbocycles. The third kappa shape index (κ3) is 1.89. The normalized spacial score (nSPS) is 20.3. The standard InChI is InChI=1S/C18H26O/c1-16(2,3)12-7-8-13(17(4,5)6)15-14(12)18(9-10-18)11-19-15/h7-8H,9-11H2,1-6H3. The molecule has 19 heavy (non-hydrogen) atoms. The first-order valence-corrected chi connectivity index (χ1v) is 7.46. The van der Waals surface area contributed by atoms with Crippen molar-refractivity contribution >= 4 is 0 Å². The van der Waals surface area contributed by atoms with Gasteiger partial charge in [-0.2, -0.15) is 0 Å². The number of fused-ring (bicyclic) bond motifs is 2. The molecule has 1 heteroatoms. The highest BCUT2D eigenvalue weighted by atomic mass is 16.5. The fraction of sp³-hybridized carbons (Fsp3) is 0.667. The smallest absolute Gasteiger partial charge is 0.127 e. The van der Waals surface area contributed by atoms with Crippen molar-refractivity contribution in [2.75, 3.05) is 6.61 Å². The van der Waals surface area contributed by atoms with Crippen LogP contribution in [0.25, 0.3) is 0 Å². The number of hydrogen-bond acceptors (Lipinski definition) is 1. The quantitative estimate of drug-likeness (QED) is 0.655. The molecular formula is C18H26O. The van der Waals surface area contributed by atoms with Crippen molar-refractivity contribution in [2.24, 2.45) is 0 Å². The molecule has 0 N–H and O–H groups in total. The van der Waals surface area contributed by atoms with E-state index < -0.39 is 0 Å². The van der Waals surface area contributed by atoms with E-state index in [4.69, 9.17) is 4.74 Å². The molecule has 1 saturated carbocycles. The van der Waals surface area contributed by atoms with Crippen LogP contribution in [-0.4, -0.2) is 6.61 Å². The van der Waals surface area contributed by atoms with Crippen molar-refractivity contribution < 1.29 is 4.74 Å². The molecule has 0 amide bonds. The van der Waals surface area contributed by atoms with Gasteiger partial charge in [-0.15, -0.1) is 0 Å². The first kappa shape index (κ1) is 13.0. The van der Waals surface area contributed by atoms with Gasteiger partial charge in [0.2, 0.25) is 0 Å². The van der Waals surface area contributed by atoms with Crippen molar-refractivity contribution in [3.05, 3.63) is 28.8 Å². The zero-order valence-electron chi connectivity index (χ0n) is 13.2. The molecule has 1 heterocycles. The largest absolute Gasteiger partial charge is 0.492 e. The average Bonchev–Trinajstić information content (AvgIpc) is 2.93. The van der Waals surface area contributed by atoms with E-state index in [0.29, 0.717) is 5.41 Å². The van der Waals surface area contributed by atoms with Crippen molar-refractivity contribution in [1.29, 1.82) is 0 Å². The van der Waals surface area contributed by atoms with E-state index in [1.54, 1.807) is 0 Å². The van der Waals surface area contributed by atoms with Gasteiger partial charge in [0.05, 0.1) is 6.61 Å². The molecule has 0 bridgehead atoms. The fourth-order valence-corrected chi connectivity index (χ4v) is 3.30. The lowest BCUT2D eigenvalue weighted by Gasteiger charge is -2.28. The minimum absolute atomic E-state index is 0.154. The lowest BCUT2D eigenvalue weighted by atomic mass is 9.75. The molecule has 0 atom stereocenters. The molecular weight excluding hydrogens is 232 g/mol. The summed E-state index contributed by atoms with van der Waals surface area (Å²) in [5.41, 5.74) is 5.11. The van der Waals surface area contributed by atoms with Crippen LogP contribution in [0.2, 0.25) is 0 Å². The van der Waals surface area contributed by atoms with Crippen molar-refractivity contribution in [3.8, 4) is 5.75 Å². The first-order valence-electron chi connectivity index (χ1n) is 7.46. The van der Waals surface area contributed by atoms with Crippen LogP contribution in [0.3, 0.4) is 0 Å². The summed E-state index contributed by atoms with van der Waals surface area (Å²) in [6.07, 6.45) is 2.60. The van der Waals surface area contributed by atoms with Gasteiger partial charge in [0.25, 0.3) is 0 Å². The van der Waals surface area contributed by atoms with E-state index in [1.807, 2.05) is 0 Å². The molecule has 1 aromatic carbocycles. The Balaban J connectivity index is 2.26. The predicted octanol–water partition coefficient (Wildman–Crippen LogP) is 4.71. The number of hydrogen-bond donors (Lipinski definition) is 0. The van der Waals surface area contributed by atoms with E-state index in [1.165, 1.54) is 35.3 Å². The summed E-state index contributed by atoms with van der Waals surface area (Å²) < 4.78 is 6.17. The van der Waals surface area contributed by atoms with Crippen LogP contribution < -0.4 is 4.74 Å². The summed E-state index contributed by atoms with van der Waals surface area (Å²) in [6.45, 7) is 14.7. The minimum atomic E-state index is 0.154. The van der Waals surface area contributed by atoms with Gasteiger partial charge in [0.1, 0.15) is 5.75 Å². The maximum Gasteiger partial charge on any atom is 0.127 e. The maximum atomic E-state index is 6.17. The number of benzene rings is 1. The van der Waals surface area contributed by atoms with Gasteiger partial charge in [0, 0.05) is 11.0 Å². The van der Waals surface area contributed by atoms with Crippen LogP contribution in [-0.2, 0) is 16.2 Å². The zero-order valence-corrected chi connectivity index (χ0v) is 13.2. The van der Waals surface area contributed by atoms with Gasteiger partial charge in [-0.3, -0.25) is 0 Å². The number of ether oxygens (including phenoxy) is 1. The summed E-state index contributed by atoms with van der Waals surface area (Å²) in [7, 11) is 0. The van der Waals surface area contributed by atoms with Crippen molar-refractivity contribution in [1.82, 2.24) is 0 Å². The molecule has 0 radical (unpaired) electrons. The summed E-state index contributed by atoms with van der Waals surface area (Å²) in [4.78, 5) is 0. The van der Waals surface area contributed by atoms with Crippen LogP contribution in [0.5, 0.6) is 5.75 Å². The van der Waals surface area contributed by atoms with Crippen LogP contribution in [0.4, 0.5) is 0 Å². The topological polar surface area (TPSA) is 9.23 Å². The highest BCUT2D eigenvalue weighted by molar-refractivity contribution is 5.59. The molecule has 0 aromatic heterocycles. The van der Waals surface area contributed by atoms with Gasteiger partial charge in [-0.25, -0.2) is 0 Å². The van der Waals surface area contributed by atoms with E-state index >= 15 is 0 Å². The van der Waals surface area contributed by atoms with E-state index in [9.17, 15) is 0 Å². The summed E-state index contributed by atoms with van der Waals surface area (Å²) in [5, 5.41) is 0. The van der Waals surface area contributed by atoms with Crippen LogP contribution in [0, 0.1) is 0 Å². The molecule has 3 rings (SSSR count). The lowest BCUT2D eigenvalue weighted by Crippen LogP contribution is -2.20. The van der Waals surface area contributed by atoms with Crippen LogP contribution in [0.15, 0.2) is 12.1 Å². The first-order chi connectivity index (χ1) is 8.65. The molecule has 104 valence electrons. The van der Waals surface area contributed by atoms with Gasteiger partial charge < -0.3 is 4.74 Å². The Kier molecular flexibility index (Phi) is 2.44. The molecule has 1 aliphatic heterocycles. The van der Waals surface area contributed by atoms with Crippen LogP contribution >= 0.6 is 0 Å².